The molecular formula is C18H17Cl2N3. The van der Waals surface area contributed by atoms with E-state index in [1.807, 2.05) is 24.3 Å². The number of anilines is 2. The maximum absolute atomic E-state index is 6.03. The maximum atomic E-state index is 6.03. The molecule has 2 N–H and O–H groups in total. The predicted octanol–water partition coefficient (Wildman–Crippen LogP) is 4.96. The number of rotatable bonds is 6. The van der Waals surface area contributed by atoms with E-state index in [4.69, 9.17) is 23.2 Å². The van der Waals surface area contributed by atoms with Gasteiger partial charge in [0.05, 0.1) is 5.52 Å². The number of fused-ring (bicyclic) bond motifs is 1. The molecule has 0 spiro atoms. The summed E-state index contributed by atoms with van der Waals surface area (Å²) in [4.78, 5) is 4.36. The van der Waals surface area contributed by atoms with Gasteiger partial charge < -0.3 is 10.6 Å². The van der Waals surface area contributed by atoms with Crippen molar-refractivity contribution < 1.29 is 0 Å². The third-order valence-electron chi connectivity index (χ3n) is 3.54. The van der Waals surface area contributed by atoms with E-state index >= 15 is 0 Å². The van der Waals surface area contributed by atoms with Crippen LogP contribution >= 0.6 is 23.2 Å². The minimum Gasteiger partial charge on any atom is -0.355 e. The SMILES string of the molecule is ClCCNCc1ccc(Nc2ccnc3cc(Cl)ccc23)cc1. The summed E-state index contributed by atoms with van der Waals surface area (Å²) >= 11 is 11.7. The van der Waals surface area contributed by atoms with E-state index in [0.29, 0.717) is 10.9 Å². The van der Waals surface area contributed by atoms with Gasteiger partial charge in [0.15, 0.2) is 0 Å². The molecule has 1 aromatic heterocycles. The number of aromatic nitrogens is 1. The smallest absolute Gasteiger partial charge is 0.0737 e. The van der Waals surface area contributed by atoms with Crippen LogP contribution in [-0.2, 0) is 6.54 Å². The highest BCUT2D eigenvalue weighted by Crippen LogP contribution is 2.27. The molecule has 1 heterocycles. The quantitative estimate of drug-likeness (QED) is 0.489. The summed E-state index contributed by atoms with van der Waals surface area (Å²) in [5.74, 6) is 0.624. The molecule has 3 rings (SSSR count). The lowest BCUT2D eigenvalue weighted by atomic mass is 10.1. The molecule has 0 unspecified atom stereocenters. The second kappa shape index (κ2) is 7.64. The van der Waals surface area contributed by atoms with Crippen LogP contribution in [0, 0.1) is 0 Å². The number of nitrogens with zero attached hydrogens (tertiary/aromatic N) is 1. The van der Waals surface area contributed by atoms with Crippen LogP contribution in [0.1, 0.15) is 5.56 Å². The number of pyridine rings is 1. The highest BCUT2D eigenvalue weighted by atomic mass is 35.5. The Morgan fingerprint density at radius 1 is 1.00 bits per heavy atom. The topological polar surface area (TPSA) is 37.0 Å². The van der Waals surface area contributed by atoms with Crippen LogP contribution in [0.4, 0.5) is 11.4 Å². The van der Waals surface area contributed by atoms with Crippen molar-refractivity contribution in [3.8, 4) is 0 Å². The van der Waals surface area contributed by atoms with E-state index in [0.717, 1.165) is 35.4 Å². The second-order valence-electron chi connectivity index (χ2n) is 5.21. The molecule has 0 aliphatic rings. The summed E-state index contributed by atoms with van der Waals surface area (Å²) in [7, 11) is 0. The van der Waals surface area contributed by atoms with Crippen molar-refractivity contribution >= 4 is 45.5 Å². The van der Waals surface area contributed by atoms with Crippen molar-refractivity contribution in [2.45, 2.75) is 6.54 Å². The Balaban J connectivity index is 1.77. The lowest BCUT2D eigenvalue weighted by Crippen LogP contribution is -2.15. The zero-order chi connectivity index (χ0) is 16.1. The van der Waals surface area contributed by atoms with E-state index < -0.39 is 0 Å². The molecular weight excluding hydrogens is 329 g/mol. The van der Waals surface area contributed by atoms with Gasteiger partial charge in [-0.15, -0.1) is 11.6 Å². The highest BCUT2D eigenvalue weighted by Gasteiger charge is 2.03. The summed E-state index contributed by atoms with van der Waals surface area (Å²) < 4.78 is 0. The third kappa shape index (κ3) is 4.14. The Morgan fingerprint density at radius 2 is 1.83 bits per heavy atom. The number of benzene rings is 2. The van der Waals surface area contributed by atoms with Crippen molar-refractivity contribution in [3.63, 3.8) is 0 Å². The summed E-state index contributed by atoms with van der Waals surface area (Å²) in [6, 6.07) is 16.0. The van der Waals surface area contributed by atoms with Crippen molar-refractivity contribution in [1.82, 2.24) is 10.3 Å². The number of hydrogen-bond donors (Lipinski definition) is 2. The zero-order valence-electron chi connectivity index (χ0n) is 12.5. The van der Waals surface area contributed by atoms with E-state index in [9.17, 15) is 0 Å². The first-order chi connectivity index (χ1) is 11.3. The number of hydrogen-bond acceptors (Lipinski definition) is 3. The van der Waals surface area contributed by atoms with Gasteiger partial charge in [0.25, 0.3) is 0 Å². The van der Waals surface area contributed by atoms with Gasteiger partial charge in [-0.05, 0) is 42.0 Å². The van der Waals surface area contributed by atoms with E-state index in [2.05, 4.69) is 39.9 Å². The van der Waals surface area contributed by atoms with Crippen LogP contribution < -0.4 is 10.6 Å². The first kappa shape index (κ1) is 16.1. The Morgan fingerprint density at radius 3 is 2.61 bits per heavy atom. The van der Waals surface area contributed by atoms with Gasteiger partial charge in [-0.3, -0.25) is 4.98 Å². The lowest BCUT2D eigenvalue weighted by Gasteiger charge is -2.10. The largest absolute Gasteiger partial charge is 0.355 e. The average molecular weight is 346 g/mol. The molecule has 0 saturated heterocycles. The molecule has 2 aromatic carbocycles. The van der Waals surface area contributed by atoms with E-state index in [-0.39, 0.29) is 0 Å². The van der Waals surface area contributed by atoms with E-state index in [1.54, 1.807) is 6.20 Å². The fourth-order valence-corrected chi connectivity index (χ4v) is 2.69. The number of nitrogens with one attached hydrogen (secondary N) is 2. The highest BCUT2D eigenvalue weighted by molar-refractivity contribution is 6.31. The first-order valence-corrected chi connectivity index (χ1v) is 8.34. The minimum absolute atomic E-state index is 0.624. The van der Waals surface area contributed by atoms with Crippen LogP contribution in [0.25, 0.3) is 10.9 Å². The Hall–Kier alpha value is -1.81. The Kier molecular flexibility index (Phi) is 5.34. The molecule has 3 nitrogen and oxygen atoms in total. The van der Waals surface area contributed by atoms with Gasteiger partial charge in [0.2, 0.25) is 0 Å². The van der Waals surface area contributed by atoms with Crippen LogP contribution in [0.3, 0.4) is 0 Å². The third-order valence-corrected chi connectivity index (χ3v) is 3.96. The molecule has 0 atom stereocenters. The lowest BCUT2D eigenvalue weighted by molar-refractivity contribution is 0.730. The molecule has 0 amide bonds. The summed E-state index contributed by atoms with van der Waals surface area (Å²) in [6.45, 7) is 1.64. The second-order valence-corrected chi connectivity index (χ2v) is 6.02. The number of alkyl halides is 1. The van der Waals surface area contributed by atoms with Crippen molar-refractivity contribution in [3.05, 3.63) is 65.3 Å². The fraction of sp³-hybridized carbons (Fsp3) is 0.167. The van der Waals surface area contributed by atoms with Gasteiger partial charge >= 0.3 is 0 Å². The molecule has 0 aliphatic carbocycles. The Bertz CT molecular complexity index is 788. The van der Waals surface area contributed by atoms with Gasteiger partial charge in [-0.25, -0.2) is 0 Å². The molecule has 118 valence electrons. The van der Waals surface area contributed by atoms with Crippen LogP contribution in [0.5, 0.6) is 0 Å². The van der Waals surface area contributed by atoms with Crippen molar-refractivity contribution in [2.75, 3.05) is 17.7 Å². The predicted molar refractivity (Wildman–Crippen MR) is 98.9 cm³/mol. The summed E-state index contributed by atoms with van der Waals surface area (Å²) in [5.41, 5.74) is 4.16. The normalized spacial score (nSPS) is 10.9. The van der Waals surface area contributed by atoms with Crippen LogP contribution in [-0.4, -0.2) is 17.4 Å². The monoisotopic (exact) mass is 345 g/mol. The van der Waals surface area contributed by atoms with Crippen LogP contribution in [0.2, 0.25) is 5.02 Å². The Labute approximate surface area is 145 Å². The van der Waals surface area contributed by atoms with Crippen molar-refractivity contribution in [1.29, 1.82) is 0 Å². The molecule has 0 bridgehead atoms. The molecule has 0 saturated carbocycles. The minimum atomic E-state index is 0.624. The van der Waals surface area contributed by atoms with E-state index in [1.165, 1.54) is 5.56 Å². The van der Waals surface area contributed by atoms with Gasteiger partial charge in [-0.1, -0.05) is 23.7 Å². The average Bonchev–Trinajstić information content (AvgIpc) is 2.56. The number of halogens is 2. The molecule has 5 heteroatoms. The summed E-state index contributed by atoms with van der Waals surface area (Å²) in [6.07, 6.45) is 1.78. The molecule has 3 aromatic rings. The van der Waals surface area contributed by atoms with Gasteiger partial charge in [-0.2, -0.15) is 0 Å². The molecule has 0 fully saturated rings. The van der Waals surface area contributed by atoms with Crippen LogP contribution in [0.15, 0.2) is 54.7 Å². The standard InChI is InChI=1S/C18H17Cl2N3/c19-8-10-21-12-13-1-4-15(5-2-13)23-17-7-9-22-18-11-14(20)3-6-16(17)18/h1-7,9,11,21H,8,10,12H2,(H,22,23). The molecule has 0 aliphatic heterocycles. The first-order valence-electron chi connectivity index (χ1n) is 7.43. The van der Waals surface area contributed by atoms with Crippen molar-refractivity contribution in [2.24, 2.45) is 0 Å². The zero-order valence-corrected chi connectivity index (χ0v) is 14.0. The maximum Gasteiger partial charge on any atom is 0.0737 e. The fourth-order valence-electron chi connectivity index (χ4n) is 2.39. The van der Waals surface area contributed by atoms with Gasteiger partial charge in [0, 0.05) is 46.9 Å². The molecule has 0 radical (unpaired) electrons. The molecule has 23 heavy (non-hydrogen) atoms. The van der Waals surface area contributed by atoms with Gasteiger partial charge in [0.1, 0.15) is 0 Å². The summed E-state index contributed by atoms with van der Waals surface area (Å²) in [5, 5.41) is 8.45.